The fraction of sp³-hybridized carbons (Fsp3) is 0.478. The molecule has 0 saturated carbocycles. The molecule has 0 bridgehead atoms. The van der Waals surface area contributed by atoms with Crippen molar-refractivity contribution in [3.05, 3.63) is 54.4 Å². The molecule has 0 spiro atoms. The van der Waals surface area contributed by atoms with Gasteiger partial charge < -0.3 is 14.7 Å². The summed E-state index contributed by atoms with van der Waals surface area (Å²) in [6.07, 6.45) is 6.92. The molecule has 1 N–H and O–H groups in total. The predicted octanol–water partition coefficient (Wildman–Crippen LogP) is 3.07. The Morgan fingerprint density at radius 1 is 1.11 bits per heavy atom. The van der Waals surface area contributed by atoms with Gasteiger partial charge in [0, 0.05) is 38.7 Å². The molecule has 2 aromatic rings. The lowest BCUT2D eigenvalue weighted by molar-refractivity contribution is -0.150. The molecule has 28 heavy (non-hydrogen) atoms. The molecule has 148 valence electrons. The van der Waals surface area contributed by atoms with Gasteiger partial charge in [0.15, 0.2) is 0 Å². The Morgan fingerprint density at radius 2 is 1.82 bits per heavy atom. The lowest BCUT2D eigenvalue weighted by Crippen LogP contribution is -2.51. The van der Waals surface area contributed by atoms with Crippen LogP contribution in [-0.2, 0) is 16.0 Å². The van der Waals surface area contributed by atoms with Crippen molar-refractivity contribution in [2.24, 2.45) is 5.41 Å². The molecular weight excluding hydrogens is 352 g/mol. The van der Waals surface area contributed by atoms with Crippen molar-refractivity contribution in [1.82, 2.24) is 9.88 Å². The minimum absolute atomic E-state index is 0.233. The van der Waals surface area contributed by atoms with Gasteiger partial charge >= 0.3 is 0 Å². The number of likely N-dealkylation sites (tertiary alicyclic amines) is 1. The van der Waals surface area contributed by atoms with Gasteiger partial charge in [0.25, 0.3) is 0 Å². The van der Waals surface area contributed by atoms with Crippen LogP contribution in [0.25, 0.3) is 11.1 Å². The fourth-order valence-corrected chi connectivity index (χ4v) is 4.43. The molecule has 0 radical (unpaired) electrons. The lowest BCUT2D eigenvalue weighted by atomic mass is 9.73. The van der Waals surface area contributed by atoms with Crippen molar-refractivity contribution in [2.45, 2.75) is 38.2 Å². The van der Waals surface area contributed by atoms with E-state index in [-0.39, 0.29) is 12.0 Å². The quantitative estimate of drug-likeness (QED) is 0.885. The number of hydrogen-bond donors (Lipinski definition) is 1. The highest BCUT2D eigenvalue weighted by atomic mass is 16.5. The summed E-state index contributed by atoms with van der Waals surface area (Å²) in [5.74, 6) is 0.233. The van der Waals surface area contributed by atoms with Gasteiger partial charge in [0.2, 0.25) is 5.91 Å². The van der Waals surface area contributed by atoms with Gasteiger partial charge in [-0.25, -0.2) is 0 Å². The smallest absolute Gasteiger partial charge is 0.229 e. The van der Waals surface area contributed by atoms with Gasteiger partial charge in [-0.15, -0.1) is 0 Å². The highest BCUT2D eigenvalue weighted by molar-refractivity contribution is 5.83. The Morgan fingerprint density at radius 3 is 2.54 bits per heavy atom. The van der Waals surface area contributed by atoms with Gasteiger partial charge in [-0.1, -0.05) is 24.3 Å². The van der Waals surface area contributed by atoms with E-state index in [0.29, 0.717) is 39.1 Å². The second kappa shape index (κ2) is 8.41. The van der Waals surface area contributed by atoms with E-state index in [1.165, 1.54) is 5.56 Å². The topological polar surface area (TPSA) is 62.7 Å². The number of benzene rings is 1. The molecule has 2 saturated heterocycles. The summed E-state index contributed by atoms with van der Waals surface area (Å²) in [5.41, 5.74) is 3.06. The first-order valence-corrected chi connectivity index (χ1v) is 10.2. The predicted molar refractivity (Wildman–Crippen MR) is 108 cm³/mol. The minimum Gasteiger partial charge on any atom is -0.393 e. The van der Waals surface area contributed by atoms with Crippen molar-refractivity contribution < 1.29 is 14.6 Å². The van der Waals surface area contributed by atoms with E-state index in [2.05, 4.69) is 29.2 Å². The van der Waals surface area contributed by atoms with Crippen molar-refractivity contribution in [1.29, 1.82) is 0 Å². The second-order valence-electron chi connectivity index (χ2n) is 8.03. The zero-order chi connectivity index (χ0) is 19.4. The van der Waals surface area contributed by atoms with Crippen molar-refractivity contribution in [2.75, 3.05) is 26.3 Å². The van der Waals surface area contributed by atoms with Gasteiger partial charge in [0.1, 0.15) is 0 Å². The van der Waals surface area contributed by atoms with E-state index in [4.69, 9.17) is 4.74 Å². The number of ether oxygens (including phenoxy) is 1. The van der Waals surface area contributed by atoms with Gasteiger partial charge in [-0.3, -0.25) is 9.78 Å². The SMILES string of the molecule is O=C(N1CCC(O)CC1)C1(Cc2cccc(-c3ccncc3)c2)CCOCC1. The molecule has 3 heterocycles. The molecule has 1 amide bonds. The fourth-order valence-electron chi connectivity index (χ4n) is 4.43. The molecule has 5 nitrogen and oxygen atoms in total. The summed E-state index contributed by atoms with van der Waals surface area (Å²) in [6, 6.07) is 12.5. The zero-order valence-corrected chi connectivity index (χ0v) is 16.2. The minimum atomic E-state index is -0.405. The van der Waals surface area contributed by atoms with E-state index in [0.717, 1.165) is 30.4 Å². The van der Waals surface area contributed by atoms with E-state index >= 15 is 0 Å². The number of hydrogen-bond acceptors (Lipinski definition) is 4. The maximum atomic E-state index is 13.5. The van der Waals surface area contributed by atoms with Crippen LogP contribution in [-0.4, -0.2) is 53.3 Å². The van der Waals surface area contributed by atoms with Crippen LogP contribution in [0, 0.1) is 5.41 Å². The number of pyridine rings is 1. The van der Waals surface area contributed by atoms with Crippen LogP contribution >= 0.6 is 0 Å². The first-order valence-electron chi connectivity index (χ1n) is 10.2. The molecular formula is C23H28N2O3. The summed E-state index contributed by atoms with van der Waals surface area (Å²) in [4.78, 5) is 19.6. The number of aliphatic hydroxyl groups is 1. The Hall–Kier alpha value is -2.24. The number of aromatic nitrogens is 1. The molecule has 1 aromatic heterocycles. The number of piperidine rings is 1. The number of aliphatic hydroxyl groups excluding tert-OH is 1. The standard InChI is InChI=1S/C23H28N2O3/c26-21-6-12-25(13-7-21)22(27)23(8-14-28-15-9-23)17-18-2-1-3-20(16-18)19-4-10-24-11-5-19/h1-5,10-11,16,21,26H,6-9,12-15,17H2. The summed E-state index contributed by atoms with van der Waals surface area (Å²) < 4.78 is 5.59. The Kier molecular flexibility index (Phi) is 5.74. The highest BCUT2D eigenvalue weighted by Gasteiger charge is 2.43. The number of rotatable bonds is 4. The summed E-state index contributed by atoms with van der Waals surface area (Å²) in [7, 11) is 0. The van der Waals surface area contributed by atoms with E-state index < -0.39 is 5.41 Å². The van der Waals surface area contributed by atoms with E-state index in [9.17, 15) is 9.90 Å². The summed E-state index contributed by atoms with van der Waals surface area (Å²) in [6.45, 7) is 2.57. The second-order valence-corrected chi connectivity index (χ2v) is 8.03. The molecule has 0 aliphatic carbocycles. The highest BCUT2D eigenvalue weighted by Crippen LogP contribution is 2.38. The van der Waals surface area contributed by atoms with Crippen LogP contribution in [0.4, 0.5) is 0 Å². The Bertz CT molecular complexity index is 795. The maximum absolute atomic E-state index is 13.5. The van der Waals surface area contributed by atoms with Crippen LogP contribution < -0.4 is 0 Å². The molecule has 4 rings (SSSR count). The maximum Gasteiger partial charge on any atom is 0.229 e. The van der Waals surface area contributed by atoms with Gasteiger partial charge in [-0.05, 0) is 60.9 Å². The first-order chi connectivity index (χ1) is 13.7. The summed E-state index contributed by atoms with van der Waals surface area (Å²) in [5, 5.41) is 9.79. The lowest BCUT2D eigenvalue weighted by Gasteiger charge is -2.41. The molecule has 2 aliphatic rings. The van der Waals surface area contributed by atoms with E-state index in [1.807, 2.05) is 17.0 Å². The Labute approximate surface area is 166 Å². The van der Waals surface area contributed by atoms with Crippen LogP contribution in [0.3, 0.4) is 0 Å². The monoisotopic (exact) mass is 380 g/mol. The zero-order valence-electron chi connectivity index (χ0n) is 16.2. The van der Waals surface area contributed by atoms with Gasteiger partial charge in [0.05, 0.1) is 11.5 Å². The largest absolute Gasteiger partial charge is 0.393 e. The number of carbonyl (C=O) groups excluding carboxylic acids is 1. The molecule has 0 atom stereocenters. The summed E-state index contributed by atoms with van der Waals surface area (Å²) >= 11 is 0. The average Bonchev–Trinajstić information content (AvgIpc) is 2.75. The number of carbonyl (C=O) groups is 1. The van der Waals surface area contributed by atoms with Gasteiger partial charge in [-0.2, -0.15) is 0 Å². The molecule has 1 aromatic carbocycles. The molecule has 2 fully saturated rings. The van der Waals surface area contributed by atoms with E-state index in [1.54, 1.807) is 12.4 Å². The number of nitrogens with zero attached hydrogens (tertiary/aromatic N) is 2. The number of amides is 1. The third kappa shape index (κ3) is 4.10. The van der Waals surface area contributed by atoms with Crippen LogP contribution in [0.1, 0.15) is 31.2 Å². The average molecular weight is 380 g/mol. The van der Waals surface area contributed by atoms with Crippen LogP contribution in [0.5, 0.6) is 0 Å². The Balaban J connectivity index is 1.58. The van der Waals surface area contributed by atoms with Crippen LogP contribution in [0.2, 0.25) is 0 Å². The molecule has 0 unspecified atom stereocenters. The first kappa shape index (κ1) is 19.1. The molecule has 2 aliphatic heterocycles. The van der Waals surface area contributed by atoms with Crippen molar-refractivity contribution in [3.63, 3.8) is 0 Å². The normalized spacial score (nSPS) is 20.1. The van der Waals surface area contributed by atoms with Crippen LogP contribution in [0.15, 0.2) is 48.8 Å². The van der Waals surface area contributed by atoms with Crippen molar-refractivity contribution >= 4 is 5.91 Å². The molecule has 5 heteroatoms. The third-order valence-electron chi connectivity index (χ3n) is 6.14. The van der Waals surface area contributed by atoms with Crippen molar-refractivity contribution in [3.8, 4) is 11.1 Å². The third-order valence-corrected chi connectivity index (χ3v) is 6.14.